The molecule has 1 aromatic rings. The summed E-state index contributed by atoms with van der Waals surface area (Å²) in [6.07, 6.45) is 0.172. The quantitative estimate of drug-likeness (QED) is 0.772. The summed E-state index contributed by atoms with van der Waals surface area (Å²) >= 11 is 1.41. The van der Waals surface area contributed by atoms with E-state index in [4.69, 9.17) is 0 Å². The molecule has 0 aliphatic heterocycles. The van der Waals surface area contributed by atoms with Crippen LogP contribution >= 0.6 is 11.3 Å². The van der Waals surface area contributed by atoms with Gasteiger partial charge in [0.1, 0.15) is 5.69 Å². The van der Waals surface area contributed by atoms with Crippen molar-refractivity contribution in [3.05, 3.63) is 16.1 Å². The van der Waals surface area contributed by atoms with Gasteiger partial charge in [-0.2, -0.15) is 0 Å². The molecule has 1 aromatic heterocycles. The highest BCUT2D eigenvalue weighted by Crippen LogP contribution is 2.07. The molecule has 0 spiro atoms. The number of thiazole rings is 1. The lowest BCUT2D eigenvalue weighted by Gasteiger charge is -2.01. The maximum atomic E-state index is 11.4. The van der Waals surface area contributed by atoms with Crippen LogP contribution in [-0.2, 0) is 9.53 Å². The molecule has 1 N–H and O–H groups in total. The Morgan fingerprint density at radius 2 is 2.33 bits per heavy atom. The molecule has 1 amide bonds. The van der Waals surface area contributed by atoms with E-state index < -0.39 is 0 Å². The van der Waals surface area contributed by atoms with Crippen molar-refractivity contribution in [2.45, 2.75) is 13.3 Å². The first-order chi connectivity index (χ1) is 7.13. The number of nitrogens with zero attached hydrogens (tertiary/aromatic N) is 1. The van der Waals surface area contributed by atoms with Crippen LogP contribution in [0, 0.1) is 6.92 Å². The second-order valence-electron chi connectivity index (χ2n) is 2.83. The molecule has 6 heteroatoms. The van der Waals surface area contributed by atoms with Gasteiger partial charge < -0.3 is 10.1 Å². The molecule has 0 bridgehead atoms. The number of esters is 1. The number of carbonyl (C=O) groups excluding carboxylic acids is 2. The second-order valence-corrected chi connectivity index (χ2v) is 3.90. The summed E-state index contributed by atoms with van der Waals surface area (Å²) in [5.74, 6) is -0.604. The third kappa shape index (κ3) is 3.67. The van der Waals surface area contributed by atoms with Crippen LogP contribution in [0.15, 0.2) is 5.38 Å². The number of rotatable bonds is 4. The van der Waals surface area contributed by atoms with Crippen LogP contribution in [0.25, 0.3) is 0 Å². The third-order valence-corrected chi connectivity index (χ3v) is 2.47. The van der Waals surface area contributed by atoms with Gasteiger partial charge in [-0.25, -0.2) is 4.98 Å². The number of methoxy groups -OCH3 is 1. The van der Waals surface area contributed by atoms with E-state index in [1.54, 1.807) is 5.38 Å². The average molecular weight is 228 g/mol. The molecule has 0 aliphatic carbocycles. The van der Waals surface area contributed by atoms with Gasteiger partial charge in [0.25, 0.3) is 5.91 Å². The lowest BCUT2D eigenvalue weighted by Crippen LogP contribution is -2.26. The Morgan fingerprint density at radius 1 is 1.60 bits per heavy atom. The van der Waals surface area contributed by atoms with Crippen molar-refractivity contribution in [3.63, 3.8) is 0 Å². The Morgan fingerprint density at radius 3 is 2.87 bits per heavy atom. The number of hydrogen-bond acceptors (Lipinski definition) is 5. The predicted molar refractivity (Wildman–Crippen MR) is 55.8 cm³/mol. The standard InChI is InChI=1S/C9H12N2O3S/c1-6-11-7(5-15-6)9(13)10-4-3-8(12)14-2/h5H,3-4H2,1-2H3,(H,10,13). The minimum atomic E-state index is -0.343. The molecule has 0 atom stereocenters. The van der Waals surface area contributed by atoms with Crippen molar-refractivity contribution < 1.29 is 14.3 Å². The van der Waals surface area contributed by atoms with E-state index in [-0.39, 0.29) is 24.8 Å². The lowest BCUT2D eigenvalue weighted by atomic mass is 10.4. The Kier molecular flexibility index (Phi) is 4.23. The van der Waals surface area contributed by atoms with Gasteiger partial charge in [-0.15, -0.1) is 11.3 Å². The first kappa shape index (κ1) is 11.6. The van der Waals surface area contributed by atoms with Crippen LogP contribution in [0.4, 0.5) is 0 Å². The summed E-state index contributed by atoms with van der Waals surface area (Å²) in [7, 11) is 1.31. The summed E-state index contributed by atoms with van der Waals surface area (Å²) in [5.41, 5.74) is 0.391. The Hall–Kier alpha value is -1.43. The van der Waals surface area contributed by atoms with E-state index in [0.717, 1.165) is 5.01 Å². The zero-order valence-electron chi connectivity index (χ0n) is 8.57. The van der Waals surface area contributed by atoms with E-state index in [1.165, 1.54) is 18.4 Å². The summed E-state index contributed by atoms with van der Waals surface area (Å²) in [6.45, 7) is 2.10. The maximum absolute atomic E-state index is 11.4. The van der Waals surface area contributed by atoms with Crippen LogP contribution in [0.1, 0.15) is 21.9 Å². The maximum Gasteiger partial charge on any atom is 0.307 e. The molecule has 0 aromatic carbocycles. The van der Waals surface area contributed by atoms with Gasteiger partial charge >= 0.3 is 5.97 Å². The summed E-state index contributed by atoms with van der Waals surface area (Å²) < 4.78 is 4.44. The van der Waals surface area contributed by atoms with E-state index in [2.05, 4.69) is 15.0 Å². The van der Waals surface area contributed by atoms with Crippen molar-refractivity contribution in [1.82, 2.24) is 10.3 Å². The molecule has 15 heavy (non-hydrogen) atoms. The van der Waals surface area contributed by atoms with Crippen molar-refractivity contribution >= 4 is 23.2 Å². The number of amides is 1. The fraction of sp³-hybridized carbons (Fsp3) is 0.444. The first-order valence-corrected chi connectivity index (χ1v) is 5.28. The monoisotopic (exact) mass is 228 g/mol. The van der Waals surface area contributed by atoms with Crippen LogP contribution in [0.5, 0.6) is 0 Å². The van der Waals surface area contributed by atoms with Gasteiger partial charge in [0, 0.05) is 11.9 Å². The largest absolute Gasteiger partial charge is 0.469 e. The highest BCUT2D eigenvalue weighted by molar-refractivity contribution is 7.09. The zero-order chi connectivity index (χ0) is 11.3. The minimum absolute atomic E-state index is 0.172. The fourth-order valence-electron chi connectivity index (χ4n) is 0.938. The van der Waals surface area contributed by atoms with E-state index in [0.29, 0.717) is 5.69 Å². The van der Waals surface area contributed by atoms with Gasteiger partial charge in [-0.05, 0) is 6.92 Å². The smallest absolute Gasteiger partial charge is 0.307 e. The number of hydrogen-bond donors (Lipinski definition) is 1. The number of aromatic nitrogens is 1. The summed E-state index contributed by atoms with van der Waals surface area (Å²) in [5, 5.41) is 5.11. The molecular weight excluding hydrogens is 216 g/mol. The first-order valence-electron chi connectivity index (χ1n) is 4.40. The lowest BCUT2D eigenvalue weighted by molar-refractivity contribution is -0.140. The van der Waals surface area contributed by atoms with Gasteiger partial charge in [0.2, 0.25) is 0 Å². The number of nitrogens with one attached hydrogen (secondary N) is 1. The van der Waals surface area contributed by atoms with Crippen molar-refractivity contribution in [2.24, 2.45) is 0 Å². The molecule has 5 nitrogen and oxygen atoms in total. The van der Waals surface area contributed by atoms with Crippen LogP contribution < -0.4 is 5.32 Å². The molecule has 0 saturated heterocycles. The Labute approximate surface area is 91.5 Å². The van der Waals surface area contributed by atoms with Crippen molar-refractivity contribution in [2.75, 3.05) is 13.7 Å². The Bertz CT molecular complexity index is 362. The fourth-order valence-corrected chi connectivity index (χ4v) is 1.53. The molecule has 0 radical (unpaired) electrons. The van der Waals surface area contributed by atoms with Crippen molar-refractivity contribution in [1.29, 1.82) is 0 Å². The van der Waals surface area contributed by atoms with Gasteiger partial charge in [-0.3, -0.25) is 9.59 Å². The van der Waals surface area contributed by atoms with Gasteiger partial charge in [0.15, 0.2) is 0 Å². The molecular formula is C9H12N2O3S. The van der Waals surface area contributed by atoms with Crippen LogP contribution in [0.2, 0.25) is 0 Å². The van der Waals surface area contributed by atoms with Gasteiger partial charge in [0.05, 0.1) is 18.5 Å². The van der Waals surface area contributed by atoms with Crippen molar-refractivity contribution in [3.8, 4) is 0 Å². The van der Waals surface area contributed by atoms with E-state index in [1.807, 2.05) is 6.92 Å². The van der Waals surface area contributed by atoms with Crippen LogP contribution in [-0.4, -0.2) is 30.5 Å². The normalized spacial score (nSPS) is 9.73. The molecule has 82 valence electrons. The number of carbonyl (C=O) groups is 2. The van der Waals surface area contributed by atoms with Gasteiger partial charge in [-0.1, -0.05) is 0 Å². The molecule has 1 rings (SSSR count). The third-order valence-electron chi connectivity index (χ3n) is 1.69. The highest BCUT2D eigenvalue weighted by atomic mass is 32.1. The highest BCUT2D eigenvalue weighted by Gasteiger charge is 2.09. The average Bonchev–Trinajstić information content (AvgIpc) is 2.64. The predicted octanol–water partition coefficient (Wildman–Crippen LogP) is 0.744. The summed E-state index contributed by atoms with van der Waals surface area (Å²) in [4.78, 5) is 26.2. The topological polar surface area (TPSA) is 68.3 Å². The number of aryl methyl sites for hydroxylation is 1. The van der Waals surface area contributed by atoms with E-state index in [9.17, 15) is 9.59 Å². The summed E-state index contributed by atoms with van der Waals surface area (Å²) in [6, 6.07) is 0. The molecule has 0 aliphatic rings. The minimum Gasteiger partial charge on any atom is -0.469 e. The molecule has 0 fully saturated rings. The van der Waals surface area contributed by atoms with Crippen LogP contribution in [0.3, 0.4) is 0 Å². The zero-order valence-corrected chi connectivity index (χ0v) is 9.39. The molecule has 1 heterocycles. The number of ether oxygens (including phenoxy) is 1. The second kappa shape index (κ2) is 5.45. The SMILES string of the molecule is COC(=O)CCNC(=O)c1csc(C)n1. The Balaban J connectivity index is 2.34. The van der Waals surface area contributed by atoms with E-state index >= 15 is 0 Å². The molecule has 0 unspecified atom stereocenters. The molecule has 0 saturated carbocycles.